The van der Waals surface area contributed by atoms with E-state index in [0.29, 0.717) is 19.0 Å². The van der Waals surface area contributed by atoms with Crippen LogP contribution in [0.3, 0.4) is 0 Å². The number of nitrogens with one attached hydrogen (secondary N) is 2. The van der Waals surface area contributed by atoms with Crippen LogP contribution >= 0.6 is 0 Å². The van der Waals surface area contributed by atoms with Crippen molar-refractivity contribution in [2.24, 2.45) is 0 Å². The molecule has 1 aliphatic rings. The summed E-state index contributed by atoms with van der Waals surface area (Å²) < 4.78 is 3.13. The molecular formula is C24H29N5O2. The Labute approximate surface area is 182 Å². The minimum absolute atomic E-state index is 0.0660. The van der Waals surface area contributed by atoms with Crippen molar-refractivity contribution in [2.45, 2.75) is 51.5 Å². The van der Waals surface area contributed by atoms with E-state index in [-0.39, 0.29) is 17.1 Å². The van der Waals surface area contributed by atoms with Crippen LogP contribution in [0.1, 0.15) is 50.9 Å². The van der Waals surface area contributed by atoms with Gasteiger partial charge in [0.15, 0.2) is 0 Å². The molecule has 3 aromatic rings. The fourth-order valence-corrected chi connectivity index (χ4v) is 3.50. The van der Waals surface area contributed by atoms with Gasteiger partial charge < -0.3 is 10.6 Å². The molecule has 2 aromatic carbocycles. The Bertz CT molecular complexity index is 1100. The fraction of sp³-hybridized carbons (Fsp3) is 0.375. The third-order valence-electron chi connectivity index (χ3n) is 5.44. The van der Waals surface area contributed by atoms with Crippen LogP contribution < -0.4 is 16.3 Å². The lowest BCUT2D eigenvalue weighted by Gasteiger charge is -2.19. The van der Waals surface area contributed by atoms with Gasteiger partial charge in [0, 0.05) is 18.2 Å². The maximum Gasteiger partial charge on any atom is 0.350 e. The standard InChI is InChI=1S/C24H29N5O2/c1-24(2,3)18-11-13-19(14-12-18)26-22(30)25-15-16-28-23(31)29(20-7-5-4-6-8-20)21(27-28)17-9-10-17/h4-8,11-14,17H,9-10,15-16H2,1-3H3,(H2,25,26,30). The van der Waals surface area contributed by atoms with Gasteiger partial charge >= 0.3 is 11.7 Å². The van der Waals surface area contributed by atoms with E-state index in [1.54, 1.807) is 4.57 Å². The molecule has 0 spiro atoms. The molecule has 1 aromatic heterocycles. The number of aromatic nitrogens is 3. The molecule has 1 saturated carbocycles. The third-order valence-corrected chi connectivity index (χ3v) is 5.44. The molecule has 0 aliphatic heterocycles. The van der Waals surface area contributed by atoms with Crippen molar-refractivity contribution in [1.29, 1.82) is 0 Å². The Balaban J connectivity index is 1.38. The van der Waals surface area contributed by atoms with E-state index in [1.807, 2.05) is 54.6 Å². The number of rotatable bonds is 6. The summed E-state index contributed by atoms with van der Waals surface area (Å²) in [6.07, 6.45) is 2.11. The summed E-state index contributed by atoms with van der Waals surface area (Å²) in [5.74, 6) is 1.14. The number of nitrogens with zero attached hydrogens (tertiary/aromatic N) is 3. The zero-order valence-corrected chi connectivity index (χ0v) is 18.3. The summed E-state index contributed by atoms with van der Waals surface area (Å²) in [5, 5.41) is 10.2. The van der Waals surface area contributed by atoms with Crippen LogP contribution in [0.4, 0.5) is 10.5 Å². The largest absolute Gasteiger partial charge is 0.350 e. The molecule has 0 unspecified atom stereocenters. The van der Waals surface area contributed by atoms with Crippen molar-refractivity contribution in [3.8, 4) is 5.69 Å². The minimum atomic E-state index is -0.304. The van der Waals surface area contributed by atoms with E-state index >= 15 is 0 Å². The smallest absolute Gasteiger partial charge is 0.336 e. The van der Waals surface area contributed by atoms with E-state index in [2.05, 4.69) is 36.5 Å². The molecule has 2 amide bonds. The van der Waals surface area contributed by atoms with Crippen molar-refractivity contribution in [2.75, 3.05) is 11.9 Å². The number of benzene rings is 2. The molecule has 4 rings (SSSR count). The summed E-state index contributed by atoms with van der Waals surface area (Å²) in [7, 11) is 0. The average molecular weight is 420 g/mol. The lowest BCUT2D eigenvalue weighted by atomic mass is 9.87. The third kappa shape index (κ3) is 4.87. The highest BCUT2D eigenvalue weighted by Crippen LogP contribution is 2.39. The fourth-order valence-electron chi connectivity index (χ4n) is 3.50. The summed E-state index contributed by atoms with van der Waals surface area (Å²) in [6, 6.07) is 17.1. The van der Waals surface area contributed by atoms with Crippen LogP contribution in [0.5, 0.6) is 0 Å². The van der Waals surface area contributed by atoms with Crippen molar-refractivity contribution >= 4 is 11.7 Å². The number of para-hydroxylation sites is 1. The maximum absolute atomic E-state index is 12.9. The van der Waals surface area contributed by atoms with E-state index in [4.69, 9.17) is 0 Å². The predicted octanol–water partition coefficient (Wildman–Crippen LogP) is 4.03. The van der Waals surface area contributed by atoms with Gasteiger partial charge in [-0.15, -0.1) is 0 Å². The first-order valence-electron chi connectivity index (χ1n) is 10.7. The first kappa shape index (κ1) is 20.9. The molecule has 7 nitrogen and oxygen atoms in total. The van der Waals surface area contributed by atoms with Crippen molar-refractivity contribution in [3.63, 3.8) is 0 Å². The normalized spacial score (nSPS) is 13.8. The summed E-state index contributed by atoms with van der Waals surface area (Å²) >= 11 is 0. The number of amides is 2. The van der Waals surface area contributed by atoms with Gasteiger partial charge in [-0.05, 0) is 48.1 Å². The number of hydrogen-bond acceptors (Lipinski definition) is 3. The Morgan fingerprint density at radius 1 is 1.06 bits per heavy atom. The predicted molar refractivity (Wildman–Crippen MR) is 122 cm³/mol. The summed E-state index contributed by atoms with van der Waals surface area (Å²) in [4.78, 5) is 25.2. The molecular weight excluding hydrogens is 390 g/mol. The highest BCUT2D eigenvalue weighted by Gasteiger charge is 2.31. The number of carbonyl (C=O) groups is 1. The summed E-state index contributed by atoms with van der Waals surface area (Å²) in [5.41, 5.74) is 2.65. The Morgan fingerprint density at radius 3 is 2.35 bits per heavy atom. The van der Waals surface area contributed by atoms with Gasteiger partial charge in [0.25, 0.3) is 0 Å². The second-order valence-corrected chi connectivity index (χ2v) is 9.02. The van der Waals surface area contributed by atoms with Gasteiger partial charge in [-0.3, -0.25) is 0 Å². The van der Waals surface area contributed by atoms with E-state index in [1.165, 1.54) is 10.2 Å². The Morgan fingerprint density at radius 2 is 1.74 bits per heavy atom. The van der Waals surface area contributed by atoms with Crippen LogP contribution in [0.25, 0.3) is 5.69 Å². The topological polar surface area (TPSA) is 81.0 Å². The van der Waals surface area contributed by atoms with Gasteiger partial charge in [0.1, 0.15) is 5.82 Å². The monoisotopic (exact) mass is 419 g/mol. The number of hydrogen-bond donors (Lipinski definition) is 2. The number of anilines is 1. The molecule has 2 N–H and O–H groups in total. The molecule has 1 fully saturated rings. The zero-order valence-electron chi connectivity index (χ0n) is 18.3. The van der Waals surface area contributed by atoms with Crippen LogP contribution in [0, 0.1) is 0 Å². The van der Waals surface area contributed by atoms with Gasteiger partial charge in [0.05, 0.1) is 12.2 Å². The van der Waals surface area contributed by atoms with E-state index < -0.39 is 0 Å². The Kier molecular flexibility index (Phi) is 5.67. The number of carbonyl (C=O) groups excluding carboxylic acids is 1. The molecule has 31 heavy (non-hydrogen) atoms. The highest BCUT2D eigenvalue weighted by molar-refractivity contribution is 5.89. The van der Waals surface area contributed by atoms with E-state index in [9.17, 15) is 9.59 Å². The van der Waals surface area contributed by atoms with Crippen LogP contribution in [0.2, 0.25) is 0 Å². The molecule has 0 bridgehead atoms. The average Bonchev–Trinajstić information content (AvgIpc) is 3.53. The van der Waals surface area contributed by atoms with Crippen LogP contribution in [0.15, 0.2) is 59.4 Å². The van der Waals surface area contributed by atoms with Crippen LogP contribution in [-0.2, 0) is 12.0 Å². The second kappa shape index (κ2) is 8.41. The number of urea groups is 1. The zero-order chi connectivity index (χ0) is 22.0. The maximum atomic E-state index is 12.9. The van der Waals surface area contributed by atoms with Gasteiger partial charge in [-0.25, -0.2) is 18.8 Å². The molecule has 0 saturated heterocycles. The van der Waals surface area contributed by atoms with Gasteiger partial charge in [-0.1, -0.05) is 51.1 Å². The van der Waals surface area contributed by atoms with E-state index in [0.717, 1.165) is 30.0 Å². The first-order chi connectivity index (χ1) is 14.8. The lowest BCUT2D eigenvalue weighted by molar-refractivity contribution is 0.251. The highest BCUT2D eigenvalue weighted by atomic mass is 16.2. The molecule has 0 radical (unpaired) electrons. The Hall–Kier alpha value is -3.35. The SMILES string of the molecule is CC(C)(C)c1ccc(NC(=O)NCCn2nc(C3CC3)n(-c3ccccc3)c2=O)cc1. The van der Waals surface area contributed by atoms with Crippen molar-refractivity contribution in [1.82, 2.24) is 19.7 Å². The lowest BCUT2D eigenvalue weighted by Crippen LogP contribution is -2.34. The van der Waals surface area contributed by atoms with Gasteiger partial charge in [-0.2, -0.15) is 5.10 Å². The second-order valence-electron chi connectivity index (χ2n) is 9.02. The van der Waals surface area contributed by atoms with Crippen molar-refractivity contribution < 1.29 is 4.79 Å². The minimum Gasteiger partial charge on any atom is -0.336 e. The quantitative estimate of drug-likeness (QED) is 0.633. The molecule has 1 aliphatic carbocycles. The molecule has 0 atom stereocenters. The van der Waals surface area contributed by atoms with Crippen LogP contribution in [-0.4, -0.2) is 26.9 Å². The molecule has 1 heterocycles. The van der Waals surface area contributed by atoms with Crippen molar-refractivity contribution in [3.05, 3.63) is 76.5 Å². The molecule has 7 heteroatoms. The van der Waals surface area contributed by atoms with Gasteiger partial charge in [0.2, 0.25) is 0 Å². The molecule has 162 valence electrons. The summed E-state index contributed by atoms with van der Waals surface area (Å²) in [6.45, 7) is 7.07. The first-order valence-corrected chi connectivity index (χ1v) is 10.7.